The summed E-state index contributed by atoms with van der Waals surface area (Å²) in [4.78, 5) is 24.9. The summed E-state index contributed by atoms with van der Waals surface area (Å²) in [6.07, 6.45) is 4.45. The number of hydrogen-bond donors (Lipinski definition) is 1. The van der Waals surface area contributed by atoms with E-state index in [1.54, 1.807) is 24.3 Å². The number of nitrogens with one attached hydrogen (secondary N) is 1. The molecule has 2 rings (SSSR count). The van der Waals surface area contributed by atoms with Gasteiger partial charge in [0.15, 0.2) is 0 Å². The van der Waals surface area contributed by atoms with Gasteiger partial charge in [-0.1, -0.05) is 20.8 Å². The predicted octanol–water partition coefficient (Wildman–Crippen LogP) is 4.08. The van der Waals surface area contributed by atoms with Crippen molar-refractivity contribution < 1.29 is 18.7 Å². The SMILES string of the molecule is COC(=O)c1cc(C(C)(C)C)sc1NC(=O)/C=C/c1ccco1. The second kappa shape index (κ2) is 6.83. The van der Waals surface area contributed by atoms with Crippen LogP contribution in [0.1, 0.15) is 41.8 Å². The first-order chi connectivity index (χ1) is 10.8. The third kappa shape index (κ3) is 4.32. The summed E-state index contributed by atoms with van der Waals surface area (Å²) in [5.74, 6) is -0.231. The average molecular weight is 333 g/mol. The van der Waals surface area contributed by atoms with E-state index in [9.17, 15) is 9.59 Å². The number of hydrogen-bond acceptors (Lipinski definition) is 5. The summed E-state index contributed by atoms with van der Waals surface area (Å²) in [6.45, 7) is 6.13. The normalized spacial score (nSPS) is 11.7. The fourth-order valence-corrected chi connectivity index (χ4v) is 2.92. The second-order valence-corrected chi connectivity index (χ2v) is 6.99. The molecular weight excluding hydrogens is 314 g/mol. The van der Waals surface area contributed by atoms with Gasteiger partial charge in [-0.2, -0.15) is 0 Å². The minimum absolute atomic E-state index is 0.125. The summed E-state index contributed by atoms with van der Waals surface area (Å²) < 4.78 is 9.91. The van der Waals surface area contributed by atoms with Crippen molar-refractivity contribution in [2.24, 2.45) is 0 Å². The van der Waals surface area contributed by atoms with Crippen molar-refractivity contribution >= 4 is 34.3 Å². The molecule has 0 unspecified atom stereocenters. The molecule has 2 aromatic rings. The van der Waals surface area contributed by atoms with Crippen LogP contribution < -0.4 is 5.32 Å². The van der Waals surface area contributed by atoms with Crippen molar-refractivity contribution in [3.05, 3.63) is 46.7 Å². The number of furan rings is 1. The van der Waals surface area contributed by atoms with Gasteiger partial charge < -0.3 is 14.5 Å². The Labute approximate surface area is 139 Å². The van der Waals surface area contributed by atoms with Crippen LogP contribution in [0.2, 0.25) is 0 Å². The first kappa shape index (κ1) is 17.0. The molecule has 6 heteroatoms. The highest BCUT2D eigenvalue weighted by atomic mass is 32.1. The molecule has 0 saturated heterocycles. The van der Waals surface area contributed by atoms with Crippen molar-refractivity contribution in [3.63, 3.8) is 0 Å². The molecule has 2 heterocycles. The van der Waals surface area contributed by atoms with Crippen molar-refractivity contribution in [1.29, 1.82) is 0 Å². The van der Waals surface area contributed by atoms with Gasteiger partial charge in [-0.15, -0.1) is 11.3 Å². The number of anilines is 1. The molecule has 0 fully saturated rings. The number of esters is 1. The van der Waals surface area contributed by atoms with E-state index >= 15 is 0 Å². The van der Waals surface area contributed by atoms with Gasteiger partial charge in [-0.3, -0.25) is 4.79 Å². The zero-order valence-corrected chi connectivity index (χ0v) is 14.3. The van der Waals surface area contributed by atoms with Gasteiger partial charge in [0.25, 0.3) is 0 Å². The molecular formula is C17H19NO4S. The van der Waals surface area contributed by atoms with Crippen LogP contribution in [0.25, 0.3) is 6.08 Å². The van der Waals surface area contributed by atoms with Gasteiger partial charge in [0.2, 0.25) is 5.91 Å². The minimum atomic E-state index is -0.470. The monoisotopic (exact) mass is 333 g/mol. The van der Waals surface area contributed by atoms with Crippen LogP contribution in [-0.2, 0) is 14.9 Å². The van der Waals surface area contributed by atoms with E-state index in [1.165, 1.54) is 30.8 Å². The van der Waals surface area contributed by atoms with E-state index in [-0.39, 0.29) is 11.3 Å². The molecule has 5 nitrogen and oxygen atoms in total. The molecule has 23 heavy (non-hydrogen) atoms. The van der Waals surface area contributed by atoms with E-state index in [4.69, 9.17) is 9.15 Å². The van der Waals surface area contributed by atoms with Crippen molar-refractivity contribution in [3.8, 4) is 0 Å². The summed E-state index contributed by atoms with van der Waals surface area (Å²) in [5.41, 5.74) is 0.239. The Kier molecular flexibility index (Phi) is 5.05. The molecule has 0 atom stereocenters. The van der Waals surface area contributed by atoms with E-state index in [2.05, 4.69) is 5.32 Å². The Balaban J connectivity index is 2.22. The lowest BCUT2D eigenvalue weighted by Gasteiger charge is -2.15. The van der Waals surface area contributed by atoms with Crippen molar-refractivity contribution in [2.45, 2.75) is 26.2 Å². The highest BCUT2D eigenvalue weighted by Crippen LogP contribution is 2.36. The fourth-order valence-electron chi connectivity index (χ4n) is 1.81. The zero-order chi connectivity index (χ0) is 17.0. The van der Waals surface area contributed by atoms with Gasteiger partial charge >= 0.3 is 5.97 Å². The van der Waals surface area contributed by atoms with Crippen molar-refractivity contribution in [2.75, 3.05) is 12.4 Å². The molecule has 0 radical (unpaired) electrons. The molecule has 1 amide bonds. The first-order valence-electron chi connectivity index (χ1n) is 7.06. The Morgan fingerprint density at radius 1 is 1.35 bits per heavy atom. The van der Waals surface area contributed by atoms with E-state index < -0.39 is 5.97 Å². The standard InChI is InChI=1S/C17H19NO4S/c1-17(2,3)13-10-12(16(20)21-4)15(23-13)18-14(19)8-7-11-6-5-9-22-11/h5-10H,1-4H3,(H,18,19)/b8-7+. The highest BCUT2D eigenvalue weighted by Gasteiger charge is 2.24. The number of amides is 1. The van der Waals surface area contributed by atoms with Gasteiger partial charge in [0.05, 0.1) is 18.9 Å². The average Bonchev–Trinajstić information content (AvgIpc) is 3.13. The summed E-state index contributed by atoms with van der Waals surface area (Å²) in [7, 11) is 1.32. The Morgan fingerprint density at radius 3 is 2.65 bits per heavy atom. The number of thiophene rings is 1. The molecule has 0 spiro atoms. The molecule has 122 valence electrons. The summed E-state index contributed by atoms with van der Waals surface area (Å²) in [5, 5.41) is 3.21. The van der Waals surface area contributed by atoms with Gasteiger partial charge in [-0.25, -0.2) is 4.79 Å². The van der Waals surface area contributed by atoms with Crippen LogP contribution in [0.4, 0.5) is 5.00 Å². The zero-order valence-electron chi connectivity index (χ0n) is 13.5. The lowest BCUT2D eigenvalue weighted by Crippen LogP contribution is -2.10. The molecule has 0 aliphatic heterocycles. The van der Waals surface area contributed by atoms with Gasteiger partial charge in [0, 0.05) is 11.0 Å². The number of methoxy groups -OCH3 is 1. The largest absolute Gasteiger partial charge is 0.465 e. The van der Waals surface area contributed by atoms with E-state index in [1.807, 2.05) is 20.8 Å². The molecule has 0 saturated carbocycles. The quantitative estimate of drug-likeness (QED) is 0.676. The predicted molar refractivity (Wildman–Crippen MR) is 90.7 cm³/mol. The number of carbonyl (C=O) groups is 2. The molecule has 0 aromatic carbocycles. The molecule has 0 aliphatic rings. The first-order valence-corrected chi connectivity index (χ1v) is 7.88. The van der Waals surface area contributed by atoms with E-state index in [0.717, 1.165) is 4.88 Å². The topological polar surface area (TPSA) is 68.5 Å². The van der Waals surface area contributed by atoms with Gasteiger partial charge in [-0.05, 0) is 29.7 Å². The number of rotatable bonds is 4. The maximum absolute atomic E-state index is 12.0. The van der Waals surface area contributed by atoms with Crippen LogP contribution in [0, 0.1) is 0 Å². The van der Waals surface area contributed by atoms with E-state index in [0.29, 0.717) is 16.3 Å². The Bertz CT molecular complexity index is 720. The third-order valence-corrected chi connectivity index (χ3v) is 4.53. The molecule has 0 aliphatic carbocycles. The van der Waals surface area contributed by atoms with Crippen LogP contribution in [-0.4, -0.2) is 19.0 Å². The highest BCUT2D eigenvalue weighted by molar-refractivity contribution is 7.16. The van der Waals surface area contributed by atoms with Crippen LogP contribution in [0.15, 0.2) is 35.0 Å². The lowest BCUT2D eigenvalue weighted by atomic mass is 9.94. The lowest BCUT2D eigenvalue weighted by molar-refractivity contribution is -0.111. The third-order valence-electron chi connectivity index (χ3n) is 3.06. The summed E-state index contributed by atoms with van der Waals surface area (Å²) >= 11 is 1.37. The van der Waals surface area contributed by atoms with Gasteiger partial charge in [0.1, 0.15) is 10.8 Å². The Morgan fingerprint density at radius 2 is 2.09 bits per heavy atom. The van der Waals surface area contributed by atoms with Crippen LogP contribution in [0.5, 0.6) is 0 Å². The number of carbonyl (C=O) groups excluding carboxylic acids is 2. The minimum Gasteiger partial charge on any atom is -0.465 e. The second-order valence-electron chi connectivity index (χ2n) is 5.93. The molecule has 1 N–H and O–H groups in total. The van der Waals surface area contributed by atoms with Crippen LogP contribution >= 0.6 is 11.3 Å². The molecule has 0 bridgehead atoms. The summed E-state index contributed by atoms with van der Waals surface area (Å²) in [6, 6.07) is 5.25. The fraction of sp³-hybridized carbons (Fsp3) is 0.294. The maximum Gasteiger partial charge on any atom is 0.340 e. The smallest absolute Gasteiger partial charge is 0.340 e. The molecule has 2 aromatic heterocycles. The van der Waals surface area contributed by atoms with Crippen LogP contribution in [0.3, 0.4) is 0 Å². The maximum atomic E-state index is 12.0. The Hall–Kier alpha value is -2.34. The van der Waals surface area contributed by atoms with Crippen molar-refractivity contribution in [1.82, 2.24) is 0 Å². The number of ether oxygens (including phenoxy) is 1.